The largest absolute Gasteiger partial charge is 0.723 e. The second kappa shape index (κ2) is 13.4. The Morgan fingerprint density at radius 2 is 1.59 bits per heavy atom. The number of anilines is 1. The lowest BCUT2D eigenvalue weighted by Gasteiger charge is -2.29. The van der Waals surface area contributed by atoms with Crippen LogP contribution in [-0.4, -0.2) is 34.5 Å². The van der Waals surface area contributed by atoms with Crippen LogP contribution in [0, 0.1) is 0 Å². The number of carboxylic acid groups (broad SMARTS) is 1. The van der Waals surface area contributed by atoms with Crippen molar-refractivity contribution in [1.29, 1.82) is 0 Å². The van der Waals surface area contributed by atoms with Crippen molar-refractivity contribution in [3.05, 3.63) is 142 Å². The third-order valence-electron chi connectivity index (χ3n) is 10.8. The van der Waals surface area contributed by atoms with Crippen molar-refractivity contribution in [2.24, 2.45) is 0 Å². The minimum Gasteiger partial charge on any atom is -0.723 e. The van der Waals surface area contributed by atoms with Crippen LogP contribution in [0.4, 0.5) is 11.4 Å². The second-order valence-electron chi connectivity index (χ2n) is 14.7. The summed E-state index contributed by atoms with van der Waals surface area (Å²) in [7, 11) is 0. The number of rotatable bonds is 9. The molecular formula is C44H43ClN2O4. The standard InChI is InChI=1S/C44H43ClN2O4/c1-28(27-51-50)47-36-22-18-30-12-7-9-16-34(30)41(36)44(4,5)38(47)24-20-32-14-10-13-31(42(32)45)19-23-37-43(2,3)40-33-15-8-6-11-29(33)17-21-35(40)46(37)26-25-39(48)49/h6-9,11-12,15-24H,1,10,13-14,25-27H2,2-5H3,(H-,48,49,50). The molecule has 7 heteroatoms. The van der Waals surface area contributed by atoms with Gasteiger partial charge in [-0.15, -0.1) is 0 Å². The van der Waals surface area contributed by atoms with Gasteiger partial charge in [-0.05, 0) is 89.6 Å². The fourth-order valence-electron chi connectivity index (χ4n) is 8.45. The third kappa shape index (κ3) is 5.95. The lowest BCUT2D eigenvalue weighted by Crippen LogP contribution is -2.28. The fourth-order valence-corrected chi connectivity index (χ4v) is 8.76. The molecule has 0 fully saturated rings. The van der Waals surface area contributed by atoms with Crippen molar-refractivity contribution >= 4 is 56.2 Å². The third-order valence-corrected chi connectivity index (χ3v) is 11.3. The summed E-state index contributed by atoms with van der Waals surface area (Å²) in [5, 5.41) is 26.3. The van der Waals surface area contributed by atoms with Crippen LogP contribution in [0.5, 0.6) is 0 Å². The van der Waals surface area contributed by atoms with E-state index in [-0.39, 0.29) is 18.4 Å². The van der Waals surface area contributed by atoms with E-state index in [4.69, 9.17) is 11.6 Å². The van der Waals surface area contributed by atoms with Crippen molar-refractivity contribution in [2.75, 3.05) is 18.1 Å². The van der Waals surface area contributed by atoms with E-state index < -0.39 is 11.4 Å². The van der Waals surface area contributed by atoms with Gasteiger partial charge in [0.2, 0.25) is 5.69 Å². The summed E-state index contributed by atoms with van der Waals surface area (Å²) >= 11 is 7.22. The summed E-state index contributed by atoms with van der Waals surface area (Å²) in [4.78, 5) is 18.1. The second-order valence-corrected chi connectivity index (χ2v) is 15.1. The highest BCUT2D eigenvalue weighted by molar-refractivity contribution is 6.32. The van der Waals surface area contributed by atoms with E-state index in [1.54, 1.807) is 0 Å². The average molecular weight is 699 g/mol. The number of halogens is 1. The topological polar surface area (TPSA) is 75.8 Å². The molecule has 0 amide bonds. The lowest BCUT2D eigenvalue weighted by molar-refractivity contribution is -0.686. The summed E-state index contributed by atoms with van der Waals surface area (Å²) in [6, 6.07) is 25.2. The maximum absolute atomic E-state index is 11.7. The van der Waals surface area contributed by atoms with Crippen LogP contribution in [-0.2, 0) is 20.5 Å². The van der Waals surface area contributed by atoms with Gasteiger partial charge in [-0.25, -0.2) is 0 Å². The van der Waals surface area contributed by atoms with Gasteiger partial charge in [0.25, 0.3) is 0 Å². The van der Waals surface area contributed by atoms with E-state index in [2.05, 4.69) is 134 Å². The normalized spacial score (nSPS) is 19.6. The highest BCUT2D eigenvalue weighted by Crippen LogP contribution is 2.52. The molecule has 0 unspecified atom stereocenters. The first-order valence-electron chi connectivity index (χ1n) is 17.6. The zero-order chi connectivity index (χ0) is 36.1. The van der Waals surface area contributed by atoms with E-state index >= 15 is 0 Å². The fraction of sp³-hybridized carbons (Fsp3) is 0.273. The van der Waals surface area contributed by atoms with Gasteiger partial charge >= 0.3 is 5.97 Å². The number of carbonyl (C=O) groups is 1. The van der Waals surface area contributed by atoms with Crippen molar-refractivity contribution in [3.63, 3.8) is 0 Å². The number of hydrogen-bond donors (Lipinski definition) is 1. The Labute approximate surface area is 304 Å². The smallest absolute Gasteiger partial charge is 0.309 e. The number of benzene rings is 4. The average Bonchev–Trinajstić information content (AvgIpc) is 3.48. The van der Waals surface area contributed by atoms with E-state index in [9.17, 15) is 15.2 Å². The SMILES string of the molecule is C=C(CO[O-])N1/C(=C/C=C2\CCCC(/C=C/C3=[N+](CCC(=O)O)c4ccc5ccccc5c4C3(C)C)=C2Cl)C(C)(C)c2c1ccc1ccccc21. The molecule has 0 spiro atoms. The number of hydrogen-bond acceptors (Lipinski definition) is 4. The molecule has 0 atom stereocenters. The van der Waals surface area contributed by atoms with Crippen LogP contribution in [0.1, 0.15) is 64.5 Å². The van der Waals surface area contributed by atoms with Gasteiger partial charge in [-0.3, -0.25) is 4.79 Å². The van der Waals surface area contributed by atoms with Gasteiger partial charge in [0.05, 0.1) is 17.7 Å². The molecule has 51 heavy (non-hydrogen) atoms. The van der Waals surface area contributed by atoms with Crippen molar-refractivity contribution in [2.45, 2.75) is 64.2 Å². The molecule has 1 aliphatic carbocycles. The molecule has 7 rings (SSSR count). The Bertz CT molecular complexity index is 2270. The summed E-state index contributed by atoms with van der Waals surface area (Å²) in [5.41, 5.74) is 8.42. The summed E-state index contributed by atoms with van der Waals surface area (Å²) in [5.74, 6) is -0.822. The van der Waals surface area contributed by atoms with Crippen molar-refractivity contribution < 1.29 is 24.6 Å². The Kier molecular flexibility index (Phi) is 9.13. The van der Waals surface area contributed by atoms with Crippen molar-refractivity contribution in [3.8, 4) is 0 Å². The van der Waals surface area contributed by atoms with Gasteiger partial charge < -0.3 is 20.2 Å². The van der Waals surface area contributed by atoms with Gasteiger partial charge in [-0.2, -0.15) is 4.58 Å². The Hall–Kier alpha value is -4.75. The summed E-state index contributed by atoms with van der Waals surface area (Å²) in [6.07, 6.45) is 11.2. The van der Waals surface area contributed by atoms with Gasteiger partial charge in [0, 0.05) is 39.5 Å². The predicted molar refractivity (Wildman–Crippen MR) is 206 cm³/mol. The first kappa shape index (κ1) is 34.7. The summed E-state index contributed by atoms with van der Waals surface area (Å²) < 4.78 is 2.17. The molecule has 0 radical (unpaired) electrons. The molecule has 3 aliphatic rings. The van der Waals surface area contributed by atoms with Crippen LogP contribution in [0.2, 0.25) is 0 Å². The Balaban J connectivity index is 1.28. The Morgan fingerprint density at radius 3 is 2.27 bits per heavy atom. The molecular weight excluding hydrogens is 656 g/mol. The van der Waals surface area contributed by atoms with Crippen LogP contribution in [0.3, 0.4) is 0 Å². The van der Waals surface area contributed by atoms with Crippen LogP contribution in [0.25, 0.3) is 21.5 Å². The number of aliphatic carboxylic acids is 1. The summed E-state index contributed by atoms with van der Waals surface area (Å²) in [6.45, 7) is 13.3. The van der Waals surface area contributed by atoms with Gasteiger partial charge in [0.1, 0.15) is 6.42 Å². The highest BCUT2D eigenvalue weighted by atomic mass is 35.5. The van der Waals surface area contributed by atoms with E-state index in [0.29, 0.717) is 12.2 Å². The van der Waals surface area contributed by atoms with Gasteiger partial charge in [-0.1, -0.05) is 98.8 Å². The maximum atomic E-state index is 11.7. The molecule has 0 aromatic heterocycles. The molecule has 2 heterocycles. The quantitative estimate of drug-likeness (QED) is 0.107. The number of carboxylic acids is 1. The minimum atomic E-state index is -0.822. The van der Waals surface area contributed by atoms with E-state index in [1.165, 1.54) is 27.3 Å². The molecule has 4 aromatic rings. The first-order chi connectivity index (χ1) is 24.4. The molecule has 4 aromatic carbocycles. The monoisotopic (exact) mass is 698 g/mol. The first-order valence-corrected chi connectivity index (χ1v) is 17.9. The number of allylic oxidation sites excluding steroid dienone is 8. The molecule has 0 saturated heterocycles. The number of nitrogens with zero attached hydrogens (tertiary/aromatic N) is 2. The molecule has 0 bridgehead atoms. The number of fused-ring (bicyclic) bond motifs is 6. The Morgan fingerprint density at radius 1 is 0.922 bits per heavy atom. The lowest BCUT2D eigenvalue weighted by atomic mass is 9.78. The molecule has 0 saturated carbocycles. The van der Waals surface area contributed by atoms with Crippen LogP contribution in [0.15, 0.2) is 131 Å². The minimum absolute atomic E-state index is 0.0328. The highest BCUT2D eigenvalue weighted by Gasteiger charge is 2.46. The van der Waals surface area contributed by atoms with E-state index in [0.717, 1.165) is 63.6 Å². The zero-order valence-corrected chi connectivity index (χ0v) is 30.4. The van der Waals surface area contributed by atoms with Crippen LogP contribution >= 0.6 is 11.6 Å². The van der Waals surface area contributed by atoms with Crippen LogP contribution < -0.4 is 10.2 Å². The molecule has 260 valence electrons. The van der Waals surface area contributed by atoms with Crippen molar-refractivity contribution in [1.82, 2.24) is 0 Å². The predicted octanol–water partition coefficient (Wildman–Crippen LogP) is 9.49. The maximum Gasteiger partial charge on any atom is 0.309 e. The zero-order valence-electron chi connectivity index (χ0n) is 29.6. The molecule has 2 aliphatic heterocycles. The molecule has 6 nitrogen and oxygen atoms in total. The molecule has 1 N–H and O–H groups in total. The van der Waals surface area contributed by atoms with E-state index in [1.807, 2.05) is 12.1 Å². The van der Waals surface area contributed by atoms with Gasteiger partial charge in [0.15, 0.2) is 12.3 Å².